The van der Waals surface area contributed by atoms with Gasteiger partial charge >= 0.3 is 0 Å². The highest BCUT2D eigenvalue weighted by Crippen LogP contribution is 2.30. The fraction of sp³-hybridized carbons (Fsp3) is 0.308. The molecule has 1 N–H and O–H groups in total. The summed E-state index contributed by atoms with van der Waals surface area (Å²) >= 11 is 5.83. The number of carbonyl (C=O) groups excluding carboxylic acids is 1. The van der Waals surface area contributed by atoms with Gasteiger partial charge in [0, 0.05) is 11.7 Å². The quantitative estimate of drug-likeness (QED) is 0.610. The van der Waals surface area contributed by atoms with Crippen LogP contribution in [0.4, 0.5) is 9.52 Å². The van der Waals surface area contributed by atoms with Gasteiger partial charge in [0.2, 0.25) is 11.0 Å². The number of amides is 1. The Labute approximate surface area is 138 Å². The number of hydrogen-bond acceptors (Lipinski definition) is 5. The zero-order valence-electron chi connectivity index (χ0n) is 11.4. The number of halogens is 2. The summed E-state index contributed by atoms with van der Waals surface area (Å²) in [6.45, 7) is 3.62. The van der Waals surface area contributed by atoms with Gasteiger partial charge in [0.15, 0.2) is 4.34 Å². The Kier molecular flexibility index (Phi) is 5.72. The predicted molar refractivity (Wildman–Crippen MR) is 87.0 cm³/mol. The van der Waals surface area contributed by atoms with Crippen LogP contribution in [-0.2, 0) is 10.5 Å². The number of aromatic nitrogens is 2. The molecule has 0 radical (unpaired) electrons. The van der Waals surface area contributed by atoms with Crippen LogP contribution in [0.3, 0.4) is 0 Å². The lowest BCUT2D eigenvalue weighted by Gasteiger charge is -2.03. The lowest BCUT2D eigenvalue weighted by Crippen LogP contribution is -2.17. The first-order chi connectivity index (χ1) is 9.97. The lowest BCUT2D eigenvalue weighted by molar-refractivity contribution is -0.118. The maximum absolute atomic E-state index is 13.8. The number of nitrogens with one attached hydrogen (secondary N) is 1. The summed E-state index contributed by atoms with van der Waals surface area (Å²) in [4.78, 5) is 11.5. The highest BCUT2D eigenvalue weighted by molar-refractivity contribution is 9.10. The molecule has 1 amide bonds. The van der Waals surface area contributed by atoms with Crippen molar-refractivity contribution in [2.75, 3.05) is 5.32 Å². The predicted octanol–water partition coefficient (Wildman–Crippen LogP) is 4.33. The molecule has 0 spiro atoms. The minimum absolute atomic E-state index is 0.0965. The molecular formula is C13H13BrFN3OS2. The van der Waals surface area contributed by atoms with E-state index < -0.39 is 0 Å². The van der Waals surface area contributed by atoms with Crippen molar-refractivity contribution in [1.29, 1.82) is 0 Å². The molecule has 2 aromatic rings. The molecule has 1 aromatic heterocycles. The van der Waals surface area contributed by atoms with E-state index in [9.17, 15) is 9.18 Å². The largest absolute Gasteiger partial charge is 0.300 e. The van der Waals surface area contributed by atoms with Crippen molar-refractivity contribution >= 4 is 50.1 Å². The van der Waals surface area contributed by atoms with Gasteiger partial charge in [0.05, 0.1) is 4.47 Å². The number of rotatable bonds is 5. The van der Waals surface area contributed by atoms with E-state index in [1.807, 2.05) is 13.8 Å². The third-order valence-electron chi connectivity index (χ3n) is 2.54. The maximum atomic E-state index is 13.8. The fourth-order valence-corrected chi connectivity index (χ4v) is 3.51. The van der Waals surface area contributed by atoms with E-state index in [1.54, 1.807) is 18.2 Å². The van der Waals surface area contributed by atoms with E-state index in [1.165, 1.54) is 23.1 Å². The molecule has 0 atom stereocenters. The monoisotopic (exact) mass is 389 g/mol. The molecule has 0 bridgehead atoms. The summed E-state index contributed by atoms with van der Waals surface area (Å²) in [6.07, 6.45) is 0. The van der Waals surface area contributed by atoms with E-state index in [0.717, 1.165) is 0 Å². The second kappa shape index (κ2) is 7.33. The Morgan fingerprint density at radius 3 is 2.95 bits per heavy atom. The van der Waals surface area contributed by atoms with Crippen LogP contribution in [0.15, 0.2) is 27.0 Å². The zero-order valence-corrected chi connectivity index (χ0v) is 14.6. The maximum Gasteiger partial charge on any atom is 0.228 e. The molecule has 0 aliphatic rings. The van der Waals surface area contributed by atoms with Gasteiger partial charge in [0.1, 0.15) is 5.82 Å². The topological polar surface area (TPSA) is 54.9 Å². The van der Waals surface area contributed by atoms with Crippen molar-refractivity contribution in [2.24, 2.45) is 5.92 Å². The molecule has 0 unspecified atom stereocenters. The lowest BCUT2D eigenvalue weighted by atomic mass is 10.2. The molecule has 2 rings (SSSR count). The Morgan fingerprint density at radius 1 is 1.48 bits per heavy atom. The van der Waals surface area contributed by atoms with Gasteiger partial charge in [-0.05, 0) is 27.6 Å². The Morgan fingerprint density at radius 2 is 2.24 bits per heavy atom. The summed E-state index contributed by atoms with van der Waals surface area (Å²) in [7, 11) is 0. The van der Waals surface area contributed by atoms with Crippen molar-refractivity contribution < 1.29 is 9.18 Å². The van der Waals surface area contributed by atoms with Crippen molar-refractivity contribution in [1.82, 2.24) is 10.2 Å². The van der Waals surface area contributed by atoms with Gasteiger partial charge in [-0.3, -0.25) is 4.79 Å². The highest BCUT2D eigenvalue weighted by Gasteiger charge is 2.12. The molecule has 4 nitrogen and oxygen atoms in total. The normalized spacial score (nSPS) is 10.9. The molecule has 0 aliphatic heterocycles. The summed E-state index contributed by atoms with van der Waals surface area (Å²) in [5, 5.41) is 11.0. The minimum Gasteiger partial charge on any atom is -0.300 e. The van der Waals surface area contributed by atoms with E-state index in [4.69, 9.17) is 0 Å². The number of benzene rings is 1. The Hall–Kier alpha value is -0.990. The van der Waals surface area contributed by atoms with E-state index in [2.05, 4.69) is 31.4 Å². The van der Waals surface area contributed by atoms with Gasteiger partial charge in [-0.15, -0.1) is 10.2 Å². The summed E-state index contributed by atoms with van der Waals surface area (Å²) in [6, 6.07) is 5.18. The highest BCUT2D eigenvalue weighted by atomic mass is 79.9. The first-order valence-corrected chi connectivity index (χ1v) is 8.77. The molecule has 0 saturated heterocycles. The van der Waals surface area contributed by atoms with Crippen LogP contribution in [-0.4, -0.2) is 16.1 Å². The van der Waals surface area contributed by atoms with Crippen LogP contribution >= 0.6 is 39.0 Å². The van der Waals surface area contributed by atoms with Crippen LogP contribution in [0.2, 0.25) is 0 Å². The molecule has 21 heavy (non-hydrogen) atoms. The standard InChI is InChI=1S/C13H13BrFN3OS2/c1-7(2)11(19)16-12-17-18-13(21-12)20-6-8-4-3-5-9(14)10(8)15/h3-5,7H,6H2,1-2H3,(H,16,17,19). The number of thioether (sulfide) groups is 1. The summed E-state index contributed by atoms with van der Waals surface area (Å²) in [5.41, 5.74) is 0.595. The number of anilines is 1. The number of hydrogen-bond donors (Lipinski definition) is 1. The van der Waals surface area contributed by atoms with Crippen LogP contribution in [0.25, 0.3) is 0 Å². The third-order valence-corrected chi connectivity index (χ3v) is 5.18. The van der Waals surface area contributed by atoms with Crippen LogP contribution in [0, 0.1) is 11.7 Å². The molecule has 0 saturated carbocycles. The van der Waals surface area contributed by atoms with E-state index in [0.29, 0.717) is 25.3 Å². The van der Waals surface area contributed by atoms with Crippen LogP contribution < -0.4 is 5.32 Å². The first-order valence-electron chi connectivity index (χ1n) is 6.17. The van der Waals surface area contributed by atoms with Gasteiger partial charge in [-0.1, -0.05) is 49.1 Å². The molecular weight excluding hydrogens is 377 g/mol. The third kappa shape index (κ3) is 4.49. The van der Waals surface area contributed by atoms with Crippen molar-refractivity contribution in [3.8, 4) is 0 Å². The summed E-state index contributed by atoms with van der Waals surface area (Å²) < 4.78 is 15.0. The van der Waals surface area contributed by atoms with Crippen LogP contribution in [0.1, 0.15) is 19.4 Å². The van der Waals surface area contributed by atoms with Crippen molar-refractivity contribution in [3.63, 3.8) is 0 Å². The Bertz CT molecular complexity index is 648. The SMILES string of the molecule is CC(C)C(=O)Nc1nnc(SCc2cccc(Br)c2F)s1. The van der Waals surface area contributed by atoms with E-state index in [-0.39, 0.29) is 17.6 Å². The molecule has 8 heteroatoms. The van der Waals surface area contributed by atoms with Gasteiger partial charge < -0.3 is 5.32 Å². The van der Waals surface area contributed by atoms with Crippen molar-refractivity contribution in [3.05, 3.63) is 34.1 Å². The van der Waals surface area contributed by atoms with E-state index >= 15 is 0 Å². The average molecular weight is 390 g/mol. The Balaban J connectivity index is 1.97. The molecule has 0 aliphatic carbocycles. The fourth-order valence-electron chi connectivity index (χ4n) is 1.37. The molecule has 112 valence electrons. The molecule has 1 heterocycles. The van der Waals surface area contributed by atoms with Gasteiger partial charge in [-0.25, -0.2) is 4.39 Å². The van der Waals surface area contributed by atoms with Crippen molar-refractivity contribution in [2.45, 2.75) is 23.9 Å². The number of nitrogens with zero attached hydrogens (tertiary/aromatic N) is 2. The first kappa shape index (κ1) is 16.4. The zero-order chi connectivity index (χ0) is 15.4. The van der Waals surface area contributed by atoms with Crippen LogP contribution in [0.5, 0.6) is 0 Å². The van der Waals surface area contributed by atoms with Gasteiger partial charge in [0.25, 0.3) is 0 Å². The average Bonchev–Trinajstić information content (AvgIpc) is 2.88. The summed E-state index contributed by atoms with van der Waals surface area (Å²) in [5.74, 6) is -0.0118. The second-order valence-corrected chi connectivity index (χ2v) is 7.57. The smallest absolute Gasteiger partial charge is 0.228 e. The molecule has 0 fully saturated rings. The minimum atomic E-state index is -0.261. The second-order valence-electron chi connectivity index (χ2n) is 4.52. The van der Waals surface area contributed by atoms with Gasteiger partial charge in [-0.2, -0.15) is 0 Å². The number of carbonyl (C=O) groups is 1. The molecule has 1 aromatic carbocycles.